The fraction of sp³-hybridized carbons (Fsp3) is 0.0500. The molecule has 0 bridgehead atoms. The van der Waals surface area contributed by atoms with Gasteiger partial charge in [0.15, 0.2) is 21.0 Å². The molecule has 0 fully saturated rings. The summed E-state index contributed by atoms with van der Waals surface area (Å²) >= 11 is 2.40. The number of primary sulfonamides is 1. The summed E-state index contributed by atoms with van der Waals surface area (Å²) in [5.41, 5.74) is 5.71. The van der Waals surface area contributed by atoms with Crippen LogP contribution in [-0.2, 0) is 10.0 Å². The molecule has 33 heavy (non-hydrogen) atoms. The Kier molecular flexibility index (Phi) is 6.14. The number of hydrogen-bond acceptors (Lipinski definition) is 8. The van der Waals surface area contributed by atoms with Gasteiger partial charge in [-0.2, -0.15) is 0 Å². The van der Waals surface area contributed by atoms with Gasteiger partial charge in [0.25, 0.3) is 0 Å². The Morgan fingerprint density at radius 1 is 0.970 bits per heavy atom. The summed E-state index contributed by atoms with van der Waals surface area (Å²) in [5, 5.41) is 5.58. The largest absolute Gasteiger partial charge is 0.375 e. The number of anilines is 1. The van der Waals surface area contributed by atoms with Gasteiger partial charge in [0.05, 0.1) is 16.3 Å². The van der Waals surface area contributed by atoms with Crippen molar-refractivity contribution < 1.29 is 21.6 Å². The molecule has 2 aromatic heterocycles. The lowest BCUT2D eigenvalue weighted by Gasteiger charge is -2.12. The van der Waals surface area contributed by atoms with Crippen LogP contribution in [0.5, 0.6) is 0 Å². The molecular formula is C20H14F3N5O2S3. The second-order valence-corrected chi connectivity index (χ2v) is 9.91. The molecule has 0 atom stereocenters. The second kappa shape index (κ2) is 8.74. The summed E-state index contributed by atoms with van der Waals surface area (Å²) in [5.74, 6) is -3.78. The van der Waals surface area contributed by atoms with Crippen LogP contribution in [0.25, 0.3) is 33.0 Å². The zero-order valence-electron chi connectivity index (χ0n) is 16.7. The molecule has 2 aromatic carbocycles. The number of thioether (sulfide) groups is 1. The molecule has 0 radical (unpaired) electrons. The highest BCUT2D eigenvalue weighted by atomic mass is 32.2. The van der Waals surface area contributed by atoms with Gasteiger partial charge >= 0.3 is 0 Å². The number of aromatic nitrogens is 3. The van der Waals surface area contributed by atoms with E-state index in [1.807, 2.05) is 0 Å². The Hall–Kier alpha value is -3.00. The van der Waals surface area contributed by atoms with Crippen LogP contribution < -0.4 is 10.9 Å². The lowest BCUT2D eigenvalue weighted by atomic mass is 9.99. The molecule has 7 nitrogen and oxygen atoms in total. The van der Waals surface area contributed by atoms with E-state index >= 15 is 4.39 Å². The number of hydrogen-bond donors (Lipinski definition) is 2. The van der Waals surface area contributed by atoms with Crippen molar-refractivity contribution in [1.29, 1.82) is 0 Å². The van der Waals surface area contributed by atoms with Crippen LogP contribution in [0.15, 0.2) is 52.6 Å². The van der Waals surface area contributed by atoms with Crippen molar-refractivity contribution in [2.24, 2.45) is 5.14 Å². The Morgan fingerprint density at radius 3 is 2.36 bits per heavy atom. The average Bonchev–Trinajstić information content (AvgIpc) is 3.15. The van der Waals surface area contributed by atoms with Gasteiger partial charge in [-0.1, -0.05) is 35.2 Å². The maximum atomic E-state index is 15.6. The van der Waals surface area contributed by atoms with E-state index in [0.29, 0.717) is 21.8 Å². The van der Waals surface area contributed by atoms with Gasteiger partial charge in [-0.25, -0.2) is 41.7 Å². The molecule has 0 amide bonds. The maximum Gasteiger partial charge on any atom is 0.243 e. The lowest BCUT2D eigenvalue weighted by Crippen LogP contribution is -2.16. The third-order valence-electron chi connectivity index (χ3n) is 4.57. The maximum absolute atomic E-state index is 15.6. The third kappa shape index (κ3) is 4.31. The van der Waals surface area contributed by atoms with E-state index < -0.39 is 37.9 Å². The van der Waals surface area contributed by atoms with Gasteiger partial charge in [-0.15, -0.1) is 0 Å². The van der Waals surface area contributed by atoms with Crippen molar-refractivity contribution >= 4 is 38.3 Å². The molecule has 4 N–H and O–H groups in total. The van der Waals surface area contributed by atoms with Crippen LogP contribution >= 0.6 is 23.1 Å². The molecule has 0 unspecified atom stereocenters. The summed E-state index contributed by atoms with van der Waals surface area (Å²) in [7, 11) is -4.73. The highest BCUT2D eigenvalue weighted by Crippen LogP contribution is 2.41. The highest BCUT2D eigenvalue weighted by molar-refractivity contribution is 7.98. The molecule has 13 heteroatoms. The molecular weight excluding hydrogens is 495 g/mol. The number of rotatable bonds is 5. The number of nitrogen functional groups attached to an aromatic ring is 1. The Bertz CT molecular complexity index is 1490. The molecule has 0 aliphatic rings. The van der Waals surface area contributed by atoms with Crippen LogP contribution in [0.1, 0.15) is 0 Å². The molecule has 0 saturated heterocycles. The first-order chi connectivity index (χ1) is 15.6. The van der Waals surface area contributed by atoms with Crippen molar-refractivity contribution in [2.75, 3.05) is 12.0 Å². The normalized spacial score (nSPS) is 11.7. The lowest BCUT2D eigenvalue weighted by molar-refractivity contribution is 0.521. The van der Waals surface area contributed by atoms with Crippen molar-refractivity contribution in [3.8, 4) is 33.0 Å². The molecule has 0 saturated carbocycles. The quantitative estimate of drug-likeness (QED) is 0.303. The van der Waals surface area contributed by atoms with Crippen LogP contribution in [0.3, 0.4) is 0 Å². The molecule has 170 valence electrons. The SMILES string of the molecule is CSc1nccc(-c2sc(N)nc2-c2cccc(-c3ccc(F)c(S(N)(=O)=O)c3F)c2F)n1. The Labute approximate surface area is 194 Å². The van der Waals surface area contributed by atoms with E-state index in [2.05, 4.69) is 15.0 Å². The minimum Gasteiger partial charge on any atom is -0.375 e. The number of sulfonamides is 1. The van der Waals surface area contributed by atoms with E-state index in [1.54, 1.807) is 18.5 Å². The van der Waals surface area contributed by atoms with Crippen molar-refractivity contribution in [3.63, 3.8) is 0 Å². The molecule has 2 heterocycles. The smallest absolute Gasteiger partial charge is 0.243 e. The summed E-state index contributed by atoms with van der Waals surface area (Å²) in [6, 6.07) is 7.34. The van der Waals surface area contributed by atoms with Crippen LogP contribution in [0.4, 0.5) is 18.3 Å². The van der Waals surface area contributed by atoms with E-state index in [1.165, 1.54) is 30.0 Å². The number of halogens is 3. The molecule has 0 aliphatic heterocycles. The van der Waals surface area contributed by atoms with Crippen LogP contribution in [-0.4, -0.2) is 29.6 Å². The summed E-state index contributed by atoms with van der Waals surface area (Å²) in [4.78, 5) is 11.8. The van der Waals surface area contributed by atoms with E-state index in [-0.39, 0.29) is 22.0 Å². The third-order valence-corrected chi connectivity index (χ3v) is 6.98. The Morgan fingerprint density at radius 2 is 1.67 bits per heavy atom. The highest BCUT2D eigenvalue weighted by Gasteiger charge is 2.26. The minimum absolute atomic E-state index is 0.0272. The van der Waals surface area contributed by atoms with Gasteiger partial charge in [0.2, 0.25) is 10.0 Å². The molecule has 0 spiro atoms. The molecule has 0 aliphatic carbocycles. The topological polar surface area (TPSA) is 125 Å². The van der Waals surface area contributed by atoms with Crippen molar-refractivity contribution in [2.45, 2.75) is 10.1 Å². The fourth-order valence-electron chi connectivity index (χ4n) is 3.18. The summed E-state index contributed by atoms with van der Waals surface area (Å²) in [6.07, 6.45) is 3.35. The van der Waals surface area contributed by atoms with Crippen molar-refractivity contribution in [1.82, 2.24) is 15.0 Å². The van der Waals surface area contributed by atoms with Gasteiger partial charge in [0, 0.05) is 22.9 Å². The first-order valence-corrected chi connectivity index (χ1v) is 12.6. The predicted octanol–water partition coefficient (Wildman–Crippen LogP) is 4.30. The average molecular weight is 510 g/mol. The first kappa shape index (κ1) is 23.2. The number of nitrogens with two attached hydrogens (primary N) is 2. The van der Waals surface area contributed by atoms with Crippen LogP contribution in [0.2, 0.25) is 0 Å². The number of benzene rings is 2. The summed E-state index contributed by atoms with van der Waals surface area (Å²) < 4.78 is 67.9. The molecule has 4 rings (SSSR count). The standard InChI is InChI=1S/C20H14F3N5O2S3/c1-31-20-26-8-7-13(27-20)17-16(28-19(24)32-17)11-4-2-3-9(14(11)22)10-5-6-12(21)18(15(10)23)33(25,29)30/h2-8H,1H3,(H2,24,28)(H2,25,29,30). The number of thiazole rings is 1. The first-order valence-electron chi connectivity index (χ1n) is 9.05. The fourth-order valence-corrected chi connectivity index (χ4v) is 5.05. The van der Waals surface area contributed by atoms with E-state index in [4.69, 9.17) is 10.9 Å². The second-order valence-electron chi connectivity index (χ2n) is 6.61. The monoisotopic (exact) mass is 509 g/mol. The van der Waals surface area contributed by atoms with Gasteiger partial charge in [0.1, 0.15) is 11.6 Å². The van der Waals surface area contributed by atoms with Crippen LogP contribution in [0, 0.1) is 17.5 Å². The van der Waals surface area contributed by atoms with Gasteiger partial charge in [-0.3, -0.25) is 0 Å². The molecule has 4 aromatic rings. The zero-order valence-corrected chi connectivity index (χ0v) is 19.2. The van der Waals surface area contributed by atoms with Gasteiger partial charge < -0.3 is 5.73 Å². The van der Waals surface area contributed by atoms with Crippen molar-refractivity contribution in [3.05, 3.63) is 60.0 Å². The predicted molar refractivity (Wildman–Crippen MR) is 121 cm³/mol. The van der Waals surface area contributed by atoms with E-state index in [9.17, 15) is 17.2 Å². The number of nitrogens with zero attached hydrogens (tertiary/aromatic N) is 3. The zero-order chi connectivity index (χ0) is 23.9. The van der Waals surface area contributed by atoms with Gasteiger partial charge in [-0.05, 0) is 30.5 Å². The van der Waals surface area contributed by atoms with E-state index in [0.717, 1.165) is 17.4 Å². The summed E-state index contributed by atoms with van der Waals surface area (Å²) in [6.45, 7) is 0. The Balaban J connectivity index is 1.93. The minimum atomic E-state index is -4.73.